The van der Waals surface area contributed by atoms with Crippen molar-refractivity contribution in [3.8, 4) is 28.4 Å². The van der Waals surface area contributed by atoms with E-state index in [2.05, 4.69) is 204 Å². The van der Waals surface area contributed by atoms with E-state index in [4.69, 9.17) is 9.72 Å². The molecular formula is C50H52N4O. The van der Waals surface area contributed by atoms with Crippen LogP contribution in [-0.4, -0.2) is 16.2 Å². The van der Waals surface area contributed by atoms with E-state index in [-0.39, 0.29) is 16.2 Å². The molecule has 5 heteroatoms. The summed E-state index contributed by atoms with van der Waals surface area (Å²) in [5.74, 6) is 2.46. The first kappa shape index (κ1) is 36.2. The van der Waals surface area contributed by atoms with Gasteiger partial charge in [-0.15, -0.1) is 0 Å². The monoisotopic (exact) mass is 724 g/mol. The average Bonchev–Trinajstić information content (AvgIpc) is 3.77. The lowest BCUT2D eigenvalue weighted by Crippen LogP contribution is -2.26. The summed E-state index contributed by atoms with van der Waals surface area (Å²) >= 11 is 0. The zero-order valence-electron chi connectivity index (χ0n) is 33.7. The van der Waals surface area contributed by atoms with Gasteiger partial charge in [-0.1, -0.05) is 111 Å². The molecule has 0 N–H and O–H groups in total. The largest absolute Gasteiger partial charge is 0.457 e. The van der Waals surface area contributed by atoms with Crippen LogP contribution in [0.25, 0.3) is 38.8 Å². The summed E-state index contributed by atoms with van der Waals surface area (Å²) in [5, 5.41) is 2.34. The number of fused-ring (bicyclic) bond motifs is 3. The lowest BCUT2D eigenvalue weighted by molar-refractivity contribution is 0.483. The molecule has 3 heterocycles. The number of rotatable bonds is 6. The van der Waals surface area contributed by atoms with Crippen LogP contribution in [0.4, 0.5) is 11.4 Å². The van der Waals surface area contributed by atoms with Gasteiger partial charge in [-0.05, 0) is 105 Å². The summed E-state index contributed by atoms with van der Waals surface area (Å²) < 4.78 is 8.94. The number of ether oxygens (including phenoxy) is 1. The summed E-state index contributed by atoms with van der Waals surface area (Å²) in [4.78, 5) is 9.51. The van der Waals surface area contributed by atoms with Crippen molar-refractivity contribution in [3.63, 3.8) is 0 Å². The Balaban J connectivity index is 1.13. The second-order valence-corrected chi connectivity index (χ2v) is 18.0. The van der Waals surface area contributed by atoms with Crippen LogP contribution in [0.2, 0.25) is 0 Å². The molecule has 5 nitrogen and oxygen atoms in total. The second kappa shape index (κ2) is 13.5. The molecule has 0 saturated heterocycles. The molecule has 278 valence electrons. The first-order valence-electron chi connectivity index (χ1n) is 19.4. The average molecular weight is 725 g/mol. The van der Waals surface area contributed by atoms with Crippen molar-refractivity contribution in [1.82, 2.24) is 9.55 Å². The molecule has 0 atom stereocenters. The fourth-order valence-electron chi connectivity index (χ4n) is 7.39. The molecule has 1 aliphatic rings. The molecule has 55 heavy (non-hydrogen) atoms. The van der Waals surface area contributed by atoms with Crippen LogP contribution in [0, 0.1) is 0 Å². The number of anilines is 2. The van der Waals surface area contributed by atoms with Gasteiger partial charge in [0.25, 0.3) is 0 Å². The molecule has 8 rings (SSSR count). The molecule has 0 bridgehead atoms. The Kier molecular flexibility index (Phi) is 8.87. The molecule has 0 amide bonds. The van der Waals surface area contributed by atoms with Crippen LogP contribution in [-0.2, 0) is 16.2 Å². The van der Waals surface area contributed by atoms with E-state index in [1.54, 1.807) is 0 Å². The predicted octanol–water partition coefficient (Wildman–Crippen LogP) is 13.3. The van der Waals surface area contributed by atoms with Gasteiger partial charge in [-0.2, -0.15) is 0 Å². The van der Waals surface area contributed by atoms with Crippen molar-refractivity contribution >= 4 is 33.2 Å². The summed E-state index contributed by atoms with van der Waals surface area (Å²) in [5.41, 5.74) is 10.9. The topological polar surface area (TPSA) is 33.5 Å². The normalized spacial score (nSPS) is 13.7. The van der Waals surface area contributed by atoms with Crippen LogP contribution >= 0.6 is 0 Å². The van der Waals surface area contributed by atoms with Crippen LogP contribution in [0.3, 0.4) is 0 Å². The van der Waals surface area contributed by atoms with E-state index in [9.17, 15) is 0 Å². The minimum atomic E-state index is -0.0103. The standard InChI is InChI=1S/C50H52N4O/c1-48(2,3)36-22-23-51-47(30-36)54-45-21-18-35(34-14-11-10-12-15-34)26-44(45)43-20-19-42(32-46(43)54)55-41-17-13-16-39(31-41)52-24-25-53(33-52)40-28-37(49(4,5)6)27-38(29-40)50(7,8)9/h10-32H,33H2,1-9H3. The highest BCUT2D eigenvalue weighted by atomic mass is 16.5. The number of hydrogen-bond donors (Lipinski definition) is 0. The van der Waals surface area contributed by atoms with Crippen LogP contribution in [0.15, 0.2) is 140 Å². The van der Waals surface area contributed by atoms with Gasteiger partial charge >= 0.3 is 0 Å². The Labute approximate surface area is 326 Å². The van der Waals surface area contributed by atoms with Crippen LogP contribution < -0.4 is 14.5 Å². The third-order valence-electron chi connectivity index (χ3n) is 10.8. The molecule has 5 aromatic carbocycles. The number of benzene rings is 5. The summed E-state index contributed by atoms with van der Waals surface area (Å²) in [6.45, 7) is 21.2. The maximum absolute atomic E-state index is 6.66. The van der Waals surface area contributed by atoms with Crippen molar-refractivity contribution in [2.24, 2.45) is 0 Å². The number of aromatic nitrogens is 2. The minimum absolute atomic E-state index is 0.0103. The Morgan fingerprint density at radius 3 is 1.85 bits per heavy atom. The third kappa shape index (κ3) is 7.24. The van der Waals surface area contributed by atoms with E-state index in [0.29, 0.717) is 0 Å². The van der Waals surface area contributed by atoms with Crippen molar-refractivity contribution < 1.29 is 4.74 Å². The van der Waals surface area contributed by atoms with Crippen molar-refractivity contribution in [1.29, 1.82) is 0 Å². The van der Waals surface area contributed by atoms with Gasteiger partial charge in [-0.25, -0.2) is 4.98 Å². The van der Waals surface area contributed by atoms with Crippen LogP contribution in [0.1, 0.15) is 79.0 Å². The number of hydrogen-bond acceptors (Lipinski definition) is 4. The van der Waals surface area contributed by atoms with E-state index in [1.165, 1.54) is 38.9 Å². The van der Waals surface area contributed by atoms with Crippen molar-refractivity contribution in [3.05, 3.63) is 157 Å². The van der Waals surface area contributed by atoms with E-state index in [0.717, 1.165) is 46.1 Å². The second-order valence-electron chi connectivity index (χ2n) is 18.0. The molecule has 0 aliphatic carbocycles. The van der Waals surface area contributed by atoms with Gasteiger partial charge < -0.3 is 14.5 Å². The SMILES string of the molecule is CC(C)(C)c1cc(N2C=CN(c3cccc(Oc4ccc5c6cc(-c7ccccc7)ccc6n(-c6cc(C(C)(C)C)ccn6)c5c4)c3)C2)cc(C(C)(C)C)c1. The van der Waals surface area contributed by atoms with Gasteiger partial charge in [0, 0.05) is 52.9 Å². The summed E-state index contributed by atoms with van der Waals surface area (Å²) in [7, 11) is 0. The first-order chi connectivity index (χ1) is 26.1. The fraction of sp³-hybridized carbons (Fsp3) is 0.260. The highest BCUT2D eigenvalue weighted by molar-refractivity contribution is 6.10. The molecule has 0 fully saturated rings. The van der Waals surface area contributed by atoms with Gasteiger partial charge in [0.15, 0.2) is 0 Å². The highest BCUT2D eigenvalue weighted by Crippen LogP contribution is 2.39. The molecule has 0 unspecified atom stereocenters. The molecule has 0 spiro atoms. The molecule has 0 radical (unpaired) electrons. The van der Waals surface area contributed by atoms with Gasteiger partial charge in [-0.3, -0.25) is 4.57 Å². The smallest absolute Gasteiger partial charge is 0.137 e. The maximum atomic E-state index is 6.66. The Bertz CT molecular complexity index is 2530. The quantitative estimate of drug-likeness (QED) is 0.171. The molecular weight excluding hydrogens is 673 g/mol. The number of nitrogens with zero attached hydrogens (tertiary/aromatic N) is 4. The van der Waals surface area contributed by atoms with E-state index >= 15 is 0 Å². The van der Waals surface area contributed by atoms with E-state index < -0.39 is 0 Å². The molecule has 0 saturated carbocycles. The first-order valence-corrected chi connectivity index (χ1v) is 19.4. The lowest BCUT2D eigenvalue weighted by atomic mass is 9.80. The molecule has 7 aromatic rings. The highest BCUT2D eigenvalue weighted by Gasteiger charge is 2.24. The Morgan fingerprint density at radius 1 is 0.491 bits per heavy atom. The summed E-state index contributed by atoms with van der Waals surface area (Å²) in [6.07, 6.45) is 6.27. The number of pyridine rings is 1. The van der Waals surface area contributed by atoms with Crippen LogP contribution in [0.5, 0.6) is 11.5 Å². The van der Waals surface area contributed by atoms with Crippen molar-refractivity contribution in [2.75, 3.05) is 16.5 Å². The zero-order chi connectivity index (χ0) is 38.7. The Morgan fingerprint density at radius 2 is 1.16 bits per heavy atom. The predicted molar refractivity (Wildman–Crippen MR) is 232 cm³/mol. The lowest BCUT2D eigenvalue weighted by Gasteiger charge is -2.29. The van der Waals surface area contributed by atoms with Gasteiger partial charge in [0.2, 0.25) is 0 Å². The molecule has 1 aliphatic heterocycles. The van der Waals surface area contributed by atoms with E-state index in [1.807, 2.05) is 12.3 Å². The fourth-order valence-corrected chi connectivity index (χ4v) is 7.39. The molecule has 2 aromatic heterocycles. The third-order valence-corrected chi connectivity index (χ3v) is 10.8. The minimum Gasteiger partial charge on any atom is -0.457 e. The summed E-state index contributed by atoms with van der Waals surface area (Å²) in [6, 6.07) is 43.5. The van der Waals surface area contributed by atoms with Gasteiger partial charge in [0.05, 0.1) is 17.7 Å². The Hall–Kier alpha value is -5.81. The maximum Gasteiger partial charge on any atom is 0.137 e. The van der Waals surface area contributed by atoms with Gasteiger partial charge in [0.1, 0.15) is 17.3 Å². The zero-order valence-corrected chi connectivity index (χ0v) is 33.7. The van der Waals surface area contributed by atoms with Crippen molar-refractivity contribution in [2.45, 2.75) is 78.6 Å².